The Balaban J connectivity index is 1.64. The highest BCUT2D eigenvalue weighted by Crippen LogP contribution is 2.18. The first-order chi connectivity index (χ1) is 11.3. The van der Waals surface area contributed by atoms with Gasteiger partial charge in [0, 0.05) is 31.2 Å². The van der Waals surface area contributed by atoms with Crippen LogP contribution in [0.3, 0.4) is 0 Å². The number of pyridine rings is 1. The Labute approximate surface area is 134 Å². The van der Waals surface area contributed by atoms with Crippen molar-refractivity contribution in [2.24, 2.45) is 0 Å². The van der Waals surface area contributed by atoms with Crippen LogP contribution in [0.4, 0.5) is 0 Å². The van der Waals surface area contributed by atoms with Gasteiger partial charge in [0.25, 0.3) is 5.91 Å². The number of carbonyl (C=O) groups excluding carboxylic acids is 1. The fourth-order valence-corrected chi connectivity index (χ4v) is 2.55. The lowest BCUT2D eigenvalue weighted by molar-refractivity contribution is 0.0526. The molecule has 1 amide bonds. The largest absolute Gasteiger partial charge is 0.481 e. The van der Waals surface area contributed by atoms with E-state index in [1.165, 1.54) is 6.20 Å². The highest BCUT2D eigenvalue weighted by Gasteiger charge is 2.26. The van der Waals surface area contributed by atoms with Crippen LogP contribution in [-0.4, -0.2) is 52.1 Å². The summed E-state index contributed by atoms with van der Waals surface area (Å²) >= 11 is 0. The number of aromatic nitrogens is 3. The van der Waals surface area contributed by atoms with Crippen LogP contribution >= 0.6 is 0 Å². The van der Waals surface area contributed by atoms with Crippen molar-refractivity contribution >= 4 is 5.91 Å². The lowest BCUT2D eigenvalue weighted by atomic mass is 10.1. The fourth-order valence-electron chi connectivity index (χ4n) is 2.55. The molecule has 1 unspecified atom stereocenters. The molecule has 1 aliphatic heterocycles. The summed E-state index contributed by atoms with van der Waals surface area (Å²) in [6.07, 6.45) is 8.00. The van der Waals surface area contributed by atoms with Gasteiger partial charge in [0.1, 0.15) is 6.10 Å². The van der Waals surface area contributed by atoms with E-state index in [-0.39, 0.29) is 12.0 Å². The van der Waals surface area contributed by atoms with Crippen molar-refractivity contribution in [3.63, 3.8) is 0 Å². The maximum absolute atomic E-state index is 12.6. The Morgan fingerprint density at radius 3 is 2.83 bits per heavy atom. The van der Waals surface area contributed by atoms with E-state index in [2.05, 4.69) is 15.0 Å². The third-order valence-corrected chi connectivity index (χ3v) is 3.68. The van der Waals surface area contributed by atoms with Crippen molar-refractivity contribution in [3.8, 4) is 11.8 Å². The van der Waals surface area contributed by atoms with Crippen LogP contribution in [0.5, 0.6) is 11.8 Å². The van der Waals surface area contributed by atoms with E-state index in [1.807, 2.05) is 0 Å². The zero-order valence-electron chi connectivity index (χ0n) is 12.9. The molecule has 0 bridgehead atoms. The highest BCUT2D eigenvalue weighted by atomic mass is 16.5. The molecular weight excluding hydrogens is 296 g/mol. The Kier molecular flexibility index (Phi) is 4.65. The first kappa shape index (κ1) is 15.2. The van der Waals surface area contributed by atoms with Gasteiger partial charge in [0.05, 0.1) is 25.4 Å². The molecule has 120 valence electrons. The number of methoxy groups -OCH3 is 1. The minimum atomic E-state index is -0.0735. The number of ether oxygens (including phenoxy) is 2. The minimum Gasteiger partial charge on any atom is -0.481 e. The molecule has 0 aliphatic carbocycles. The van der Waals surface area contributed by atoms with Crippen LogP contribution in [0.1, 0.15) is 23.2 Å². The van der Waals surface area contributed by atoms with Crippen molar-refractivity contribution in [2.45, 2.75) is 18.9 Å². The van der Waals surface area contributed by atoms with Gasteiger partial charge in [0.2, 0.25) is 11.8 Å². The van der Waals surface area contributed by atoms with Gasteiger partial charge in [-0.05, 0) is 18.9 Å². The third kappa shape index (κ3) is 3.74. The average molecular weight is 314 g/mol. The summed E-state index contributed by atoms with van der Waals surface area (Å²) in [7, 11) is 1.54. The molecule has 3 heterocycles. The molecule has 0 aromatic carbocycles. The zero-order chi connectivity index (χ0) is 16.1. The molecule has 7 heteroatoms. The quantitative estimate of drug-likeness (QED) is 0.852. The van der Waals surface area contributed by atoms with Crippen molar-refractivity contribution in [1.29, 1.82) is 0 Å². The van der Waals surface area contributed by atoms with E-state index in [4.69, 9.17) is 9.47 Å². The van der Waals surface area contributed by atoms with Gasteiger partial charge in [-0.2, -0.15) is 0 Å². The Morgan fingerprint density at radius 2 is 2.13 bits per heavy atom. The molecule has 0 radical (unpaired) electrons. The summed E-state index contributed by atoms with van der Waals surface area (Å²) in [5.41, 5.74) is 0.547. The van der Waals surface area contributed by atoms with Gasteiger partial charge in [-0.25, -0.2) is 9.97 Å². The van der Waals surface area contributed by atoms with Gasteiger partial charge in [0.15, 0.2) is 0 Å². The van der Waals surface area contributed by atoms with Crippen molar-refractivity contribution < 1.29 is 14.3 Å². The number of nitrogens with zero attached hydrogens (tertiary/aromatic N) is 4. The predicted octanol–water partition coefficient (Wildman–Crippen LogP) is 1.56. The van der Waals surface area contributed by atoms with Crippen LogP contribution < -0.4 is 9.47 Å². The topological polar surface area (TPSA) is 77.4 Å². The molecule has 0 saturated carbocycles. The maximum Gasteiger partial charge on any atom is 0.255 e. The number of hydrogen-bond donors (Lipinski definition) is 0. The summed E-state index contributed by atoms with van der Waals surface area (Å²) in [4.78, 5) is 26.5. The molecule has 1 fully saturated rings. The van der Waals surface area contributed by atoms with Crippen LogP contribution in [0.2, 0.25) is 0 Å². The molecule has 2 aromatic heterocycles. The second-order valence-corrected chi connectivity index (χ2v) is 5.27. The molecule has 23 heavy (non-hydrogen) atoms. The van der Waals surface area contributed by atoms with Gasteiger partial charge in [-0.3, -0.25) is 9.78 Å². The van der Waals surface area contributed by atoms with Crippen molar-refractivity contribution in [1.82, 2.24) is 19.9 Å². The normalized spacial score (nSPS) is 17.6. The standard InChI is InChI=1S/C16H18N4O3/c1-22-14-5-4-12(9-19-14)16(21)20-8-2-3-13(11-20)23-15-10-17-6-7-18-15/h4-7,9-10,13H,2-3,8,11H2,1H3. The second-order valence-electron chi connectivity index (χ2n) is 5.27. The van der Waals surface area contributed by atoms with Crippen LogP contribution in [-0.2, 0) is 0 Å². The number of amides is 1. The number of piperidine rings is 1. The number of carbonyl (C=O) groups is 1. The first-order valence-corrected chi connectivity index (χ1v) is 7.48. The lowest BCUT2D eigenvalue weighted by Gasteiger charge is -2.32. The third-order valence-electron chi connectivity index (χ3n) is 3.68. The average Bonchev–Trinajstić information content (AvgIpc) is 2.62. The van der Waals surface area contributed by atoms with Gasteiger partial charge < -0.3 is 14.4 Å². The van der Waals surface area contributed by atoms with Crippen molar-refractivity contribution in [2.75, 3.05) is 20.2 Å². The van der Waals surface area contributed by atoms with Crippen LogP contribution in [0, 0.1) is 0 Å². The van der Waals surface area contributed by atoms with Gasteiger partial charge >= 0.3 is 0 Å². The highest BCUT2D eigenvalue weighted by molar-refractivity contribution is 5.94. The SMILES string of the molecule is COc1ccc(C(=O)N2CCCC(Oc3cnccn3)C2)cn1. The molecule has 7 nitrogen and oxygen atoms in total. The monoisotopic (exact) mass is 314 g/mol. The van der Waals surface area contributed by atoms with Gasteiger partial charge in [-0.15, -0.1) is 0 Å². The van der Waals surface area contributed by atoms with E-state index in [9.17, 15) is 4.79 Å². The van der Waals surface area contributed by atoms with Gasteiger partial charge in [-0.1, -0.05) is 0 Å². The number of likely N-dealkylation sites (tertiary alicyclic amines) is 1. The van der Waals surface area contributed by atoms with E-state index in [0.29, 0.717) is 30.4 Å². The Bertz CT molecular complexity index is 648. The first-order valence-electron chi connectivity index (χ1n) is 7.48. The molecular formula is C16H18N4O3. The molecule has 2 aromatic rings. The van der Waals surface area contributed by atoms with Crippen LogP contribution in [0.25, 0.3) is 0 Å². The number of rotatable bonds is 4. The number of hydrogen-bond acceptors (Lipinski definition) is 6. The maximum atomic E-state index is 12.6. The predicted molar refractivity (Wildman–Crippen MR) is 82.4 cm³/mol. The minimum absolute atomic E-state index is 0.0485. The Hall–Kier alpha value is -2.70. The van der Waals surface area contributed by atoms with E-state index in [0.717, 1.165) is 12.8 Å². The molecule has 0 spiro atoms. The molecule has 0 N–H and O–H groups in total. The summed E-state index contributed by atoms with van der Waals surface area (Å²) < 4.78 is 10.8. The lowest BCUT2D eigenvalue weighted by Crippen LogP contribution is -2.44. The Morgan fingerprint density at radius 1 is 1.22 bits per heavy atom. The smallest absolute Gasteiger partial charge is 0.255 e. The summed E-state index contributed by atoms with van der Waals surface area (Å²) in [5, 5.41) is 0. The summed E-state index contributed by atoms with van der Waals surface area (Å²) in [5.74, 6) is 0.926. The summed E-state index contributed by atoms with van der Waals surface area (Å²) in [6, 6.07) is 3.41. The van der Waals surface area contributed by atoms with E-state index >= 15 is 0 Å². The molecule has 3 rings (SSSR count). The molecule has 1 atom stereocenters. The second kappa shape index (κ2) is 7.04. The van der Waals surface area contributed by atoms with Crippen molar-refractivity contribution in [3.05, 3.63) is 42.5 Å². The van der Waals surface area contributed by atoms with E-state index in [1.54, 1.807) is 42.7 Å². The molecule has 1 saturated heterocycles. The van der Waals surface area contributed by atoms with E-state index < -0.39 is 0 Å². The fraction of sp³-hybridized carbons (Fsp3) is 0.375. The zero-order valence-corrected chi connectivity index (χ0v) is 12.9. The van der Waals surface area contributed by atoms with Crippen LogP contribution in [0.15, 0.2) is 36.9 Å². The molecule has 1 aliphatic rings. The summed E-state index contributed by atoms with van der Waals surface area (Å²) in [6.45, 7) is 1.24.